The van der Waals surface area contributed by atoms with Crippen molar-refractivity contribution in [2.45, 2.75) is 18.4 Å². The first kappa shape index (κ1) is 14.1. The largest absolute Gasteiger partial charge is 0.327 e. The van der Waals surface area contributed by atoms with E-state index < -0.39 is 10.0 Å². The van der Waals surface area contributed by atoms with Gasteiger partial charge in [0.05, 0.1) is 6.26 Å². The minimum Gasteiger partial charge on any atom is -0.327 e. The molecule has 0 radical (unpaired) electrons. The van der Waals surface area contributed by atoms with E-state index in [1.54, 1.807) is 6.07 Å². The topological polar surface area (TPSA) is 72.2 Å². The molecule has 3 rings (SSSR count). The fraction of sp³-hybridized carbons (Fsp3) is 0.250. The maximum Gasteiger partial charge on any atom is 0.229 e. The van der Waals surface area contributed by atoms with Crippen molar-refractivity contribution in [2.24, 2.45) is 5.73 Å². The van der Waals surface area contributed by atoms with Crippen molar-refractivity contribution in [1.29, 1.82) is 0 Å². The molecule has 2 aromatic carbocycles. The van der Waals surface area contributed by atoms with Gasteiger partial charge in [-0.1, -0.05) is 36.4 Å². The zero-order valence-corrected chi connectivity index (χ0v) is 12.6. The molecular formula is C16H18N2O2S. The van der Waals surface area contributed by atoms with Gasteiger partial charge in [-0.25, -0.2) is 8.42 Å². The summed E-state index contributed by atoms with van der Waals surface area (Å²) in [6.07, 6.45) is 2.21. The van der Waals surface area contributed by atoms with E-state index in [4.69, 9.17) is 5.73 Å². The third-order valence-corrected chi connectivity index (χ3v) is 4.28. The standard InChI is InChI=1S/C16H18N2O2S/c1-21(19,20)18-14-4-2-3-13(9-14)11-5-7-12(8-6-11)15-10-16(15)17/h2-9,15-16,18H,10,17H2,1H3/t15-,16+/m0/s1. The first-order valence-electron chi connectivity index (χ1n) is 6.86. The van der Waals surface area contributed by atoms with Gasteiger partial charge in [0.15, 0.2) is 0 Å². The molecule has 2 atom stereocenters. The van der Waals surface area contributed by atoms with Gasteiger partial charge in [-0.3, -0.25) is 4.72 Å². The molecule has 0 bridgehead atoms. The summed E-state index contributed by atoms with van der Waals surface area (Å²) < 4.78 is 25.1. The highest BCUT2D eigenvalue weighted by molar-refractivity contribution is 7.92. The van der Waals surface area contributed by atoms with Crippen molar-refractivity contribution in [3.8, 4) is 11.1 Å². The van der Waals surface area contributed by atoms with E-state index in [1.807, 2.05) is 18.2 Å². The number of rotatable bonds is 4. The minimum absolute atomic E-state index is 0.304. The Kier molecular flexibility index (Phi) is 3.47. The number of nitrogens with two attached hydrogens (primary N) is 1. The van der Waals surface area contributed by atoms with Crippen LogP contribution in [0, 0.1) is 0 Å². The van der Waals surface area contributed by atoms with Crippen LogP contribution in [0.2, 0.25) is 0 Å². The van der Waals surface area contributed by atoms with E-state index in [2.05, 4.69) is 29.0 Å². The van der Waals surface area contributed by atoms with Gasteiger partial charge in [-0.15, -0.1) is 0 Å². The van der Waals surface area contributed by atoms with Gasteiger partial charge in [-0.2, -0.15) is 0 Å². The minimum atomic E-state index is -3.26. The van der Waals surface area contributed by atoms with Gasteiger partial charge in [-0.05, 0) is 35.2 Å². The molecule has 1 aliphatic carbocycles. The maximum absolute atomic E-state index is 11.3. The third kappa shape index (κ3) is 3.43. The number of benzene rings is 2. The number of anilines is 1. The Morgan fingerprint density at radius 2 is 1.76 bits per heavy atom. The van der Waals surface area contributed by atoms with Crippen molar-refractivity contribution in [2.75, 3.05) is 11.0 Å². The highest BCUT2D eigenvalue weighted by Gasteiger charge is 2.34. The van der Waals surface area contributed by atoms with Crippen molar-refractivity contribution in [3.05, 3.63) is 54.1 Å². The molecule has 2 aromatic rings. The molecule has 0 heterocycles. The van der Waals surface area contributed by atoms with Gasteiger partial charge >= 0.3 is 0 Å². The fourth-order valence-electron chi connectivity index (χ4n) is 2.50. The van der Waals surface area contributed by atoms with Crippen LogP contribution in [-0.2, 0) is 10.0 Å². The molecule has 4 nitrogen and oxygen atoms in total. The summed E-state index contributed by atoms with van der Waals surface area (Å²) in [5, 5.41) is 0. The zero-order valence-electron chi connectivity index (χ0n) is 11.8. The number of hydrogen-bond acceptors (Lipinski definition) is 3. The van der Waals surface area contributed by atoms with Crippen LogP contribution in [0.3, 0.4) is 0 Å². The molecule has 0 aromatic heterocycles. The molecule has 1 saturated carbocycles. The molecule has 0 amide bonds. The molecule has 5 heteroatoms. The second kappa shape index (κ2) is 5.16. The van der Waals surface area contributed by atoms with Crippen LogP contribution in [0.4, 0.5) is 5.69 Å². The average molecular weight is 302 g/mol. The Morgan fingerprint density at radius 3 is 2.33 bits per heavy atom. The molecule has 0 aliphatic heterocycles. The molecule has 1 aliphatic rings. The highest BCUT2D eigenvalue weighted by Crippen LogP contribution is 2.39. The summed E-state index contributed by atoms with van der Waals surface area (Å²) in [6, 6.07) is 16.0. The summed E-state index contributed by atoms with van der Waals surface area (Å²) in [7, 11) is -3.26. The highest BCUT2D eigenvalue weighted by atomic mass is 32.2. The Balaban J connectivity index is 1.84. The van der Waals surface area contributed by atoms with Gasteiger partial charge in [0.2, 0.25) is 10.0 Å². The van der Waals surface area contributed by atoms with Crippen LogP contribution in [0.25, 0.3) is 11.1 Å². The van der Waals surface area contributed by atoms with Crippen molar-refractivity contribution < 1.29 is 8.42 Å². The Bertz CT molecular complexity index is 754. The third-order valence-electron chi connectivity index (χ3n) is 3.68. The molecule has 21 heavy (non-hydrogen) atoms. The second-order valence-electron chi connectivity index (χ2n) is 5.58. The Labute approximate surface area is 125 Å². The molecular weight excluding hydrogens is 284 g/mol. The average Bonchev–Trinajstić information content (AvgIpc) is 3.14. The second-order valence-corrected chi connectivity index (χ2v) is 7.33. The smallest absolute Gasteiger partial charge is 0.229 e. The molecule has 1 fully saturated rings. The van der Waals surface area contributed by atoms with Crippen LogP contribution in [-0.4, -0.2) is 20.7 Å². The summed E-state index contributed by atoms with van der Waals surface area (Å²) in [4.78, 5) is 0. The van der Waals surface area contributed by atoms with Crippen LogP contribution in [0.5, 0.6) is 0 Å². The first-order chi connectivity index (χ1) is 9.92. The Hall–Kier alpha value is -1.85. The SMILES string of the molecule is CS(=O)(=O)Nc1cccc(-c2ccc([C@@H]3C[C@H]3N)cc2)c1. The normalized spacial score (nSPS) is 21.0. The van der Waals surface area contributed by atoms with Gasteiger partial charge < -0.3 is 5.73 Å². The fourth-order valence-corrected chi connectivity index (χ4v) is 3.05. The van der Waals surface area contributed by atoms with E-state index in [0.29, 0.717) is 17.6 Å². The summed E-state index contributed by atoms with van der Waals surface area (Å²) in [5.41, 5.74) is 9.75. The monoisotopic (exact) mass is 302 g/mol. The first-order valence-corrected chi connectivity index (χ1v) is 8.75. The number of sulfonamides is 1. The maximum atomic E-state index is 11.3. The van der Waals surface area contributed by atoms with Crippen molar-refractivity contribution in [3.63, 3.8) is 0 Å². The van der Waals surface area contributed by atoms with E-state index >= 15 is 0 Å². The molecule has 0 spiro atoms. The molecule has 110 valence electrons. The lowest BCUT2D eigenvalue weighted by molar-refractivity contribution is 0.607. The van der Waals surface area contributed by atoms with Gasteiger partial charge in [0.1, 0.15) is 0 Å². The molecule has 0 saturated heterocycles. The molecule has 3 N–H and O–H groups in total. The summed E-state index contributed by atoms with van der Waals surface area (Å²) >= 11 is 0. The zero-order chi connectivity index (χ0) is 15.0. The summed E-state index contributed by atoms with van der Waals surface area (Å²) in [6.45, 7) is 0. The lowest BCUT2D eigenvalue weighted by Crippen LogP contribution is -2.09. The number of hydrogen-bond donors (Lipinski definition) is 2. The Morgan fingerprint density at radius 1 is 1.10 bits per heavy atom. The lowest BCUT2D eigenvalue weighted by atomic mass is 10.0. The molecule has 0 unspecified atom stereocenters. The lowest BCUT2D eigenvalue weighted by Gasteiger charge is -2.08. The van der Waals surface area contributed by atoms with E-state index in [1.165, 1.54) is 5.56 Å². The van der Waals surface area contributed by atoms with E-state index in [-0.39, 0.29) is 0 Å². The van der Waals surface area contributed by atoms with Gasteiger partial charge in [0, 0.05) is 17.6 Å². The van der Waals surface area contributed by atoms with Crippen LogP contribution >= 0.6 is 0 Å². The van der Waals surface area contributed by atoms with Crippen LogP contribution in [0.1, 0.15) is 17.9 Å². The number of nitrogens with one attached hydrogen (secondary N) is 1. The van der Waals surface area contributed by atoms with Gasteiger partial charge in [0.25, 0.3) is 0 Å². The van der Waals surface area contributed by atoms with Crippen LogP contribution < -0.4 is 10.5 Å². The predicted octanol–water partition coefficient (Wildman–Crippen LogP) is 2.54. The van der Waals surface area contributed by atoms with Crippen LogP contribution in [0.15, 0.2) is 48.5 Å². The van der Waals surface area contributed by atoms with Crippen molar-refractivity contribution >= 4 is 15.7 Å². The summed E-state index contributed by atoms with van der Waals surface area (Å²) in [5.74, 6) is 0.497. The predicted molar refractivity (Wildman–Crippen MR) is 85.7 cm³/mol. The van der Waals surface area contributed by atoms with Crippen molar-refractivity contribution in [1.82, 2.24) is 0 Å². The van der Waals surface area contributed by atoms with E-state index in [9.17, 15) is 8.42 Å². The van der Waals surface area contributed by atoms with E-state index in [0.717, 1.165) is 23.8 Å². The quantitative estimate of drug-likeness (QED) is 0.911.